The van der Waals surface area contributed by atoms with Crippen LogP contribution in [-0.4, -0.2) is 5.11 Å². The SMILES string of the molecule is CC(O)(Cc1ccc(Cl)cc1F)c1ccc(I)cc1. The molecule has 100 valence electrons. The molecule has 0 bridgehead atoms. The van der Waals surface area contributed by atoms with Gasteiger partial charge in [0.15, 0.2) is 0 Å². The fraction of sp³-hybridized carbons (Fsp3) is 0.200. The summed E-state index contributed by atoms with van der Waals surface area (Å²) in [4.78, 5) is 0. The van der Waals surface area contributed by atoms with Gasteiger partial charge in [0.1, 0.15) is 5.82 Å². The van der Waals surface area contributed by atoms with E-state index in [4.69, 9.17) is 11.6 Å². The molecule has 1 nitrogen and oxygen atoms in total. The third-order valence-corrected chi connectivity index (χ3v) is 3.97. The van der Waals surface area contributed by atoms with Crippen LogP contribution in [0.1, 0.15) is 18.1 Å². The van der Waals surface area contributed by atoms with Crippen LogP contribution in [0.2, 0.25) is 5.02 Å². The Balaban J connectivity index is 2.27. The second-order valence-corrected chi connectivity index (χ2v) is 6.38. The molecule has 0 aromatic heterocycles. The predicted octanol–water partition coefficient (Wildman–Crippen LogP) is 4.53. The smallest absolute Gasteiger partial charge is 0.127 e. The van der Waals surface area contributed by atoms with Crippen molar-refractivity contribution in [3.8, 4) is 0 Å². The summed E-state index contributed by atoms with van der Waals surface area (Å²) in [6.45, 7) is 1.68. The minimum Gasteiger partial charge on any atom is -0.385 e. The molecule has 0 saturated carbocycles. The fourth-order valence-corrected chi connectivity index (χ4v) is 2.47. The maximum absolute atomic E-state index is 13.8. The van der Waals surface area contributed by atoms with Crippen LogP contribution < -0.4 is 0 Å². The van der Waals surface area contributed by atoms with Crippen LogP contribution >= 0.6 is 34.2 Å². The average molecular weight is 391 g/mol. The Morgan fingerprint density at radius 2 is 1.84 bits per heavy atom. The van der Waals surface area contributed by atoms with Gasteiger partial charge < -0.3 is 5.11 Å². The third-order valence-electron chi connectivity index (χ3n) is 3.02. The zero-order chi connectivity index (χ0) is 14.0. The van der Waals surface area contributed by atoms with Crippen LogP contribution in [0, 0.1) is 9.39 Å². The lowest BCUT2D eigenvalue weighted by atomic mass is 9.89. The number of halogens is 3. The standard InChI is InChI=1S/C15H13ClFIO/c1-15(19,11-3-6-13(18)7-4-11)9-10-2-5-12(16)8-14(10)17/h2-8,19H,9H2,1H3. The van der Waals surface area contributed by atoms with Crippen molar-refractivity contribution in [3.05, 3.63) is 68.0 Å². The summed E-state index contributed by atoms with van der Waals surface area (Å²) in [6.07, 6.45) is 0.205. The van der Waals surface area contributed by atoms with E-state index in [0.29, 0.717) is 10.6 Å². The molecule has 2 aromatic carbocycles. The van der Waals surface area contributed by atoms with Gasteiger partial charge in [0.2, 0.25) is 0 Å². The summed E-state index contributed by atoms with van der Waals surface area (Å²) < 4.78 is 14.9. The summed E-state index contributed by atoms with van der Waals surface area (Å²) in [5.74, 6) is -0.390. The van der Waals surface area contributed by atoms with Crippen LogP contribution in [0.4, 0.5) is 4.39 Å². The molecule has 0 fully saturated rings. The molecule has 0 radical (unpaired) electrons. The van der Waals surface area contributed by atoms with Crippen molar-refractivity contribution in [2.45, 2.75) is 18.9 Å². The van der Waals surface area contributed by atoms with Gasteiger partial charge in [-0.3, -0.25) is 0 Å². The van der Waals surface area contributed by atoms with Crippen molar-refractivity contribution in [3.63, 3.8) is 0 Å². The highest BCUT2D eigenvalue weighted by atomic mass is 127. The number of hydrogen-bond acceptors (Lipinski definition) is 1. The molecule has 0 aliphatic heterocycles. The van der Waals surface area contributed by atoms with E-state index in [-0.39, 0.29) is 6.42 Å². The fourth-order valence-electron chi connectivity index (χ4n) is 1.95. The predicted molar refractivity (Wildman–Crippen MR) is 83.8 cm³/mol. The Bertz CT molecular complexity index is 581. The minimum atomic E-state index is -1.11. The monoisotopic (exact) mass is 390 g/mol. The summed E-state index contributed by atoms with van der Waals surface area (Å²) in [6, 6.07) is 12.1. The Morgan fingerprint density at radius 3 is 2.42 bits per heavy atom. The Labute approximate surface area is 130 Å². The second kappa shape index (κ2) is 5.77. The van der Waals surface area contributed by atoms with Gasteiger partial charge in [-0.15, -0.1) is 0 Å². The molecule has 1 atom stereocenters. The Hall–Kier alpha value is -0.650. The molecular formula is C15H13ClFIO. The zero-order valence-corrected chi connectivity index (χ0v) is 13.2. The van der Waals surface area contributed by atoms with Gasteiger partial charge in [-0.25, -0.2) is 4.39 Å². The van der Waals surface area contributed by atoms with Crippen molar-refractivity contribution >= 4 is 34.2 Å². The molecule has 2 rings (SSSR count). The third kappa shape index (κ3) is 3.68. The first-order valence-corrected chi connectivity index (χ1v) is 7.26. The lowest BCUT2D eigenvalue weighted by Gasteiger charge is -2.24. The van der Waals surface area contributed by atoms with Crippen LogP contribution in [0.15, 0.2) is 42.5 Å². The van der Waals surface area contributed by atoms with E-state index in [1.54, 1.807) is 19.1 Å². The molecule has 0 saturated heterocycles. The number of rotatable bonds is 3. The second-order valence-electron chi connectivity index (χ2n) is 4.69. The van der Waals surface area contributed by atoms with Crippen molar-refractivity contribution in [1.29, 1.82) is 0 Å². The van der Waals surface area contributed by atoms with Gasteiger partial charge in [0, 0.05) is 15.0 Å². The maximum Gasteiger partial charge on any atom is 0.127 e. The normalized spacial score (nSPS) is 14.2. The molecule has 0 aliphatic rings. The highest BCUT2D eigenvalue weighted by Crippen LogP contribution is 2.27. The first-order valence-electron chi connectivity index (χ1n) is 5.81. The van der Waals surface area contributed by atoms with Crippen molar-refractivity contribution < 1.29 is 9.50 Å². The average Bonchev–Trinajstić information content (AvgIpc) is 2.33. The van der Waals surface area contributed by atoms with Gasteiger partial charge in [0.25, 0.3) is 0 Å². The lowest BCUT2D eigenvalue weighted by molar-refractivity contribution is 0.0567. The molecule has 19 heavy (non-hydrogen) atoms. The largest absolute Gasteiger partial charge is 0.385 e. The zero-order valence-electron chi connectivity index (χ0n) is 10.3. The van der Waals surface area contributed by atoms with Gasteiger partial charge in [-0.05, 0) is 64.9 Å². The summed E-state index contributed by atoms with van der Waals surface area (Å²) in [5.41, 5.74) is 0.106. The van der Waals surface area contributed by atoms with E-state index in [0.717, 1.165) is 9.13 Å². The van der Waals surface area contributed by atoms with E-state index < -0.39 is 11.4 Å². The molecule has 1 N–H and O–H groups in total. The Morgan fingerprint density at radius 1 is 1.21 bits per heavy atom. The van der Waals surface area contributed by atoms with E-state index in [1.165, 1.54) is 6.07 Å². The number of hydrogen-bond donors (Lipinski definition) is 1. The molecule has 0 aliphatic carbocycles. The molecule has 1 unspecified atom stereocenters. The van der Waals surface area contributed by atoms with Gasteiger partial charge >= 0.3 is 0 Å². The number of benzene rings is 2. The highest BCUT2D eigenvalue weighted by molar-refractivity contribution is 14.1. The van der Waals surface area contributed by atoms with Gasteiger partial charge in [0.05, 0.1) is 5.60 Å². The van der Waals surface area contributed by atoms with Crippen molar-refractivity contribution in [2.75, 3.05) is 0 Å². The molecule has 0 heterocycles. The van der Waals surface area contributed by atoms with Gasteiger partial charge in [-0.1, -0.05) is 29.8 Å². The van der Waals surface area contributed by atoms with E-state index >= 15 is 0 Å². The molecule has 4 heteroatoms. The van der Waals surface area contributed by atoms with Crippen LogP contribution in [-0.2, 0) is 12.0 Å². The van der Waals surface area contributed by atoms with Crippen LogP contribution in [0.25, 0.3) is 0 Å². The quantitative estimate of drug-likeness (QED) is 0.763. The van der Waals surface area contributed by atoms with Gasteiger partial charge in [-0.2, -0.15) is 0 Å². The summed E-state index contributed by atoms with van der Waals surface area (Å²) in [7, 11) is 0. The van der Waals surface area contributed by atoms with Crippen LogP contribution in [0.5, 0.6) is 0 Å². The first-order chi connectivity index (χ1) is 8.88. The van der Waals surface area contributed by atoms with Crippen molar-refractivity contribution in [2.24, 2.45) is 0 Å². The number of aliphatic hydroxyl groups is 1. The van der Waals surface area contributed by atoms with Crippen molar-refractivity contribution in [1.82, 2.24) is 0 Å². The maximum atomic E-state index is 13.8. The van der Waals surface area contributed by atoms with E-state index in [2.05, 4.69) is 22.6 Å². The molecule has 0 amide bonds. The minimum absolute atomic E-state index is 0.205. The van der Waals surface area contributed by atoms with E-state index in [1.807, 2.05) is 24.3 Å². The molecule has 2 aromatic rings. The van der Waals surface area contributed by atoms with Crippen LogP contribution in [0.3, 0.4) is 0 Å². The lowest BCUT2D eigenvalue weighted by Crippen LogP contribution is -2.24. The summed E-state index contributed by atoms with van der Waals surface area (Å²) in [5, 5.41) is 10.9. The highest BCUT2D eigenvalue weighted by Gasteiger charge is 2.24. The molecular weight excluding hydrogens is 378 g/mol. The van der Waals surface area contributed by atoms with E-state index in [9.17, 15) is 9.50 Å². The topological polar surface area (TPSA) is 20.2 Å². The summed E-state index contributed by atoms with van der Waals surface area (Å²) >= 11 is 7.92. The Kier molecular flexibility index (Phi) is 4.48. The molecule has 0 spiro atoms. The first kappa shape index (κ1) is 14.8.